The molecule has 0 fully saturated rings. The van der Waals surface area contributed by atoms with Crippen LogP contribution in [0.2, 0.25) is 0 Å². The molecule has 1 aromatic carbocycles. The van der Waals surface area contributed by atoms with Gasteiger partial charge in [-0.3, -0.25) is 9.59 Å². The van der Waals surface area contributed by atoms with Crippen LogP contribution in [0.15, 0.2) is 35.3 Å². The zero-order chi connectivity index (χ0) is 14.5. The predicted octanol–water partition coefficient (Wildman–Crippen LogP) is 1.19. The molecule has 1 heterocycles. The average Bonchev–Trinajstić information content (AvgIpc) is 2.40. The first-order valence-electron chi connectivity index (χ1n) is 6.15. The van der Waals surface area contributed by atoms with Crippen LogP contribution < -0.4 is 10.9 Å². The van der Waals surface area contributed by atoms with E-state index in [-0.39, 0.29) is 17.9 Å². The minimum Gasteiger partial charge on any atom is -0.351 e. The second kappa shape index (κ2) is 6.10. The number of H-pyrrole nitrogens is 1. The number of aryl methyl sites for hydroxylation is 1. The Morgan fingerprint density at radius 1 is 1.40 bits per heavy atom. The Morgan fingerprint density at radius 3 is 2.85 bits per heavy atom. The fourth-order valence-electron chi connectivity index (χ4n) is 1.75. The van der Waals surface area contributed by atoms with E-state index in [9.17, 15) is 14.0 Å². The van der Waals surface area contributed by atoms with Crippen molar-refractivity contribution in [3.8, 4) is 0 Å². The molecule has 6 heteroatoms. The maximum absolute atomic E-state index is 13.4. The maximum Gasteiger partial charge on any atom is 0.263 e. The third-order valence-electron chi connectivity index (χ3n) is 2.81. The minimum atomic E-state index is -0.518. The third-order valence-corrected chi connectivity index (χ3v) is 2.81. The summed E-state index contributed by atoms with van der Waals surface area (Å²) in [5.74, 6) is -0.385. The largest absolute Gasteiger partial charge is 0.351 e. The van der Waals surface area contributed by atoms with Gasteiger partial charge in [-0.1, -0.05) is 18.2 Å². The van der Waals surface area contributed by atoms with Gasteiger partial charge in [0.15, 0.2) is 0 Å². The van der Waals surface area contributed by atoms with E-state index >= 15 is 0 Å². The van der Waals surface area contributed by atoms with Crippen molar-refractivity contribution in [2.24, 2.45) is 0 Å². The number of aromatic nitrogens is 2. The summed E-state index contributed by atoms with van der Waals surface area (Å²) < 4.78 is 13.4. The smallest absolute Gasteiger partial charge is 0.263 e. The first-order valence-corrected chi connectivity index (χ1v) is 6.15. The highest BCUT2D eigenvalue weighted by Crippen LogP contribution is 2.06. The van der Waals surface area contributed by atoms with E-state index in [1.54, 1.807) is 25.1 Å². The van der Waals surface area contributed by atoms with E-state index < -0.39 is 11.5 Å². The lowest BCUT2D eigenvalue weighted by Gasteiger charge is -2.05. The molecule has 5 nitrogen and oxygen atoms in total. The molecule has 0 spiro atoms. The normalized spacial score (nSPS) is 10.3. The number of carbonyl (C=O) groups is 1. The van der Waals surface area contributed by atoms with E-state index in [1.165, 1.54) is 12.3 Å². The fourth-order valence-corrected chi connectivity index (χ4v) is 1.75. The molecule has 104 valence electrons. The molecule has 0 radical (unpaired) electrons. The van der Waals surface area contributed by atoms with Gasteiger partial charge in [0.05, 0.1) is 0 Å². The van der Waals surface area contributed by atoms with Gasteiger partial charge in [-0.05, 0) is 25.0 Å². The summed E-state index contributed by atoms with van der Waals surface area (Å²) in [6.45, 7) is 1.87. The molecular weight excluding hydrogens is 261 g/mol. The molecule has 2 N–H and O–H groups in total. The van der Waals surface area contributed by atoms with Crippen molar-refractivity contribution in [3.05, 3.63) is 63.6 Å². The number of halogens is 1. The van der Waals surface area contributed by atoms with Gasteiger partial charge in [-0.25, -0.2) is 9.37 Å². The van der Waals surface area contributed by atoms with Crippen molar-refractivity contribution in [1.29, 1.82) is 0 Å². The lowest BCUT2D eigenvalue weighted by Crippen LogP contribution is -2.31. The Balaban J connectivity index is 1.96. The van der Waals surface area contributed by atoms with Gasteiger partial charge in [-0.15, -0.1) is 0 Å². The minimum absolute atomic E-state index is 0.0517. The van der Waals surface area contributed by atoms with Crippen LogP contribution in [0.4, 0.5) is 4.39 Å². The van der Waals surface area contributed by atoms with Crippen LogP contribution in [-0.2, 0) is 6.42 Å². The molecule has 2 aromatic rings. The first kappa shape index (κ1) is 13.9. The van der Waals surface area contributed by atoms with Crippen molar-refractivity contribution in [2.75, 3.05) is 6.54 Å². The quantitative estimate of drug-likeness (QED) is 0.880. The fraction of sp³-hybridized carbons (Fsp3) is 0.214. The number of hydrogen-bond acceptors (Lipinski definition) is 3. The number of benzene rings is 1. The Morgan fingerprint density at radius 2 is 2.15 bits per heavy atom. The molecule has 0 aliphatic carbocycles. The van der Waals surface area contributed by atoms with Crippen LogP contribution >= 0.6 is 0 Å². The van der Waals surface area contributed by atoms with Gasteiger partial charge in [0.25, 0.3) is 11.5 Å². The molecule has 1 aromatic heterocycles. The van der Waals surface area contributed by atoms with Crippen LogP contribution in [0.25, 0.3) is 0 Å². The van der Waals surface area contributed by atoms with E-state index in [1.807, 2.05) is 0 Å². The van der Waals surface area contributed by atoms with Crippen molar-refractivity contribution >= 4 is 5.91 Å². The Kier molecular flexibility index (Phi) is 4.24. The van der Waals surface area contributed by atoms with Crippen LogP contribution in [0.1, 0.15) is 21.7 Å². The summed E-state index contributed by atoms with van der Waals surface area (Å²) in [5, 5.41) is 2.57. The molecule has 0 saturated heterocycles. The van der Waals surface area contributed by atoms with Gasteiger partial charge in [0.2, 0.25) is 0 Å². The van der Waals surface area contributed by atoms with E-state index in [0.29, 0.717) is 17.8 Å². The van der Waals surface area contributed by atoms with Crippen molar-refractivity contribution in [3.63, 3.8) is 0 Å². The van der Waals surface area contributed by atoms with Gasteiger partial charge >= 0.3 is 0 Å². The molecule has 0 aliphatic heterocycles. The highest BCUT2D eigenvalue weighted by atomic mass is 19.1. The number of aromatic amines is 1. The number of hydrogen-bond donors (Lipinski definition) is 2. The maximum atomic E-state index is 13.4. The summed E-state index contributed by atoms with van der Waals surface area (Å²) in [6.07, 6.45) is 1.59. The highest BCUT2D eigenvalue weighted by Gasteiger charge is 2.10. The topological polar surface area (TPSA) is 74.8 Å². The number of rotatable bonds is 4. The molecule has 0 saturated carbocycles. The van der Waals surface area contributed by atoms with Crippen molar-refractivity contribution < 1.29 is 9.18 Å². The van der Waals surface area contributed by atoms with E-state index in [0.717, 1.165) is 0 Å². The summed E-state index contributed by atoms with van der Waals surface area (Å²) in [4.78, 5) is 29.7. The van der Waals surface area contributed by atoms with Crippen LogP contribution in [0.3, 0.4) is 0 Å². The average molecular weight is 275 g/mol. The monoisotopic (exact) mass is 275 g/mol. The van der Waals surface area contributed by atoms with E-state index in [2.05, 4.69) is 15.3 Å². The second-order valence-electron chi connectivity index (χ2n) is 4.31. The molecule has 2 rings (SSSR count). The summed E-state index contributed by atoms with van der Waals surface area (Å²) in [6, 6.07) is 6.36. The predicted molar refractivity (Wildman–Crippen MR) is 72.0 cm³/mol. The van der Waals surface area contributed by atoms with Crippen molar-refractivity contribution in [1.82, 2.24) is 15.3 Å². The molecule has 0 unspecified atom stereocenters. The first-order chi connectivity index (χ1) is 9.58. The number of nitrogens with zero attached hydrogens (tertiary/aromatic N) is 1. The Hall–Kier alpha value is -2.50. The summed E-state index contributed by atoms with van der Waals surface area (Å²) in [7, 11) is 0. The Bertz CT molecular complexity index is 682. The van der Waals surface area contributed by atoms with Crippen LogP contribution in [0, 0.1) is 12.7 Å². The van der Waals surface area contributed by atoms with Gasteiger partial charge in [0, 0.05) is 12.7 Å². The zero-order valence-corrected chi connectivity index (χ0v) is 10.9. The summed E-state index contributed by atoms with van der Waals surface area (Å²) >= 11 is 0. The van der Waals surface area contributed by atoms with Crippen LogP contribution in [-0.4, -0.2) is 22.4 Å². The standard InChI is InChI=1S/C14H14FN3O2/c1-9-17-8-11(14(20)18-9)13(19)16-7-6-10-4-2-3-5-12(10)15/h2-5,8H,6-7H2,1H3,(H,16,19)(H,17,18,20). The SMILES string of the molecule is Cc1ncc(C(=O)NCCc2ccccc2F)c(=O)[nH]1. The van der Waals surface area contributed by atoms with Gasteiger partial charge < -0.3 is 10.3 Å². The lowest BCUT2D eigenvalue weighted by atomic mass is 10.1. The highest BCUT2D eigenvalue weighted by molar-refractivity contribution is 5.93. The molecule has 0 aliphatic rings. The number of nitrogens with one attached hydrogen (secondary N) is 2. The molecule has 0 bridgehead atoms. The van der Waals surface area contributed by atoms with Gasteiger partial charge in [0.1, 0.15) is 17.2 Å². The molecule has 1 amide bonds. The molecular formula is C14H14FN3O2. The third kappa shape index (κ3) is 3.28. The summed E-state index contributed by atoms with van der Waals surface area (Å²) in [5.41, 5.74) is -0.0197. The second-order valence-corrected chi connectivity index (χ2v) is 4.31. The zero-order valence-electron chi connectivity index (χ0n) is 10.9. The lowest BCUT2D eigenvalue weighted by molar-refractivity contribution is 0.0952. The van der Waals surface area contributed by atoms with Crippen LogP contribution in [0.5, 0.6) is 0 Å². The van der Waals surface area contributed by atoms with E-state index in [4.69, 9.17) is 0 Å². The molecule has 0 atom stereocenters. The Labute approximate surface area is 114 Å². The van der Waals surface area contributed by atoms with Crippen molar-refractivity contribution in [2.45, 2.75) is 13.3 Å². The molecule has 20 heavy (non-hydrogen) atoms. The van der Waals surface area contributed by atoms with Gasteiger partial charge in [-0.2, -0.15) is 0 Å². The number of amides is 1. The number of carbonyl (C=O) groups excluding carboxylic acids is 1.